The molecule has 0 fully saturated rings. The van der Waals surface area contributed by atoms with Gasteiger partial charge in [0.2, 0.25) is 0 Å². The lowest BCUT2D eigenvalue weighted by molar-refractivity contribution is 0.660. The van der Waals surface area contributed by atoms with Crippen molar-refractivity contribution in [1.82, 2.24) is 4.57 Å². The first-order chi connectivity index (χ1) is 32.9. The van der Waals surface area contributed by atoms with Gasteiger partial charge in [-0.25, -0.2) is 0 Å². The molecule has 0 unspecified atom stereocenters. The van der Waals surface area contributed by atoms with Crippen molar-refractivity contribution in [1.29, 1.82) is 0 Å². The quantitative estimate of drug-likeness (QED) is 0.167. The van der Waals surface area contributed by atoms with Crippen LogP contribution in [0.1, 0.15) is 25.0 Å². The van der Waals surface area contributed by atoms with E-state index < -0.39 is 0 Å². The zero-order chi connectivity index (χ0) is 44.4. The van der Waals surface area contributed by atoms with Gasteiger partial charge in [-0.05, 0) is 136 Å². The van der Waals surface area contributed by atoms with E-state index in [1.807, 2.05) is 24.3 Å². The summed E-state index contributed by atoms with van der Waals surface area (Å²) in [6.45, 7) is 4.70. The highest BCUT2D eigenvalue weighted by Crippen LogP contribution is 2.51. The predicted octanol–water partition coefficient (Wildman–Crippen LogP) is 17.7. The van der Waals surface area contributed by atoms with Gasteiger partial charge in [0, 0.05) is 60.5 Å². The Labute approximate surface area is 387 Å². The molecular weight excluding hydrogens is 817 g/mol. The normalized spacial score (nSPS) is 13.0. The minimum atomic E-state index is -0.123. The van der Waals surface area contributed by atoms with E-state index in [0.717, 1.165) is 94.4 Å². The van der Waals surface area contributed by atoms with Crippen LogP contribution in [0.5, 0.6) is 0 Å². The summed E-state index contributed by atoms with van der Waals surface area (Å²) in [4.78, 5) is 2.39. The monoisotopic (exact) mass is 858 g/mol. The van der Waals surface area contributed by atoms with Gasteiger partial charge >= 0.3 is 0 Å². The highest BCUT2D eigenvalue weighted by molar-refractivity contribution is 6.17. The molecule has 0 atom stereocenters. The van der Waals surface area contributed by atoms with Crippen LogP contribution in [-0.4, -0.2) is 4.57 Å². The number of furan rings is 2. The maximum absolute atomic E-state index is 6.33. The molecule has 14 rings (SSSR count). The Hall–Kier alpha value is -8.60. The Bertz CT molecular complexity index is 4110. The number of fused-ring (bicyclic) bond motifs is 12. The van der Waals surface area contributed by atoms with Crippen molar-refractivity contribution in [2.45, 2.75) is 19.3 Å². The molecule has 4 heteroatoms. The summed E-state index contributed by atoms with van der Waals surface area (Å²) in [5.41, 5.74) is 20.3. The van der Waals surface area contributed by atoms with Crippen molar-refractivity contribution in [2.75, 3.05) is 4.90 Å². The van der Waals surface area contributed by atoms with Gasteiger partial charge in [0.1, 0.15) is 22.3 Å². The maximum atomic E-state index is 6.33. The lowest BCUT2D eigenvalue weighted by atomic mass is 9.82. The van der Waals surface area contributed by atoms with Gasteiger partial charge in [-0.2, -0.15) is 0 Å². The summed E-state index contributed by atoms with van der Waals surface area (Å²) < 4.78 is 14.9. The number of rotatable bonds is 6. The third kappa shape index (κ3) is 5.73. The highest BCUT2D eigenvalue weighted by atomic mass is 16.3. The fourth-order valence-electron chi connectivity index (χ4n) is 11.1. The molecule has 4 nitrogen and oxygen atoms in total. The Morgan fingerprint density at radius 2 is 0.866 bits per heavy atom. The topological polar surface area (TPSA) is 34.5 Å². The third-order valence-corrected chi connectivity index (χ3v) is 14.4. The molecular formula is C63H42N2O2. The van der Waals surface area contributed by atoms with Crippen molar-refractivity contribution in [3.8, 4) is 39.1 Å². The molecule has 0 bridgehead atoms. The second kappa shape index (κ2) is 14.2. The van der Waals surface area contributed by atoms with Gasteiger partial charge in [-0.1, -0.05) is 141 Å². The fourth-order valence-corrected chi connectivity index (χ4v) is 11.1. The van der Waals surface area contributed by atoms with Crippen LogP contribution in [0.4, 0.5) is 17.1 Å². The van der Waals surface area contributed by atoms with Gasteiger partial charge < -0.3 is 18.3 Å². The second-order valence-corrected chi connectivity index (χ2v) is 18.5. The fraction of sp³-hybridized carbons (Fsp3) is 0.0476. The highest BCUT2D eigenvalue weighted by Gasteiger charge is 2.35. The van der Waals surface area contributed by atoms with Gasteiger partial charge in [-0.15, -0.1) is 0 Å². The van der Waals surface area contributed by atoms with E-state index in [1.165, 1.54) is 38.5 Å². The van der Waals surface area contributed by atoms with Crippen LogP contribution in [0.3, 0.4) is 0 Å². The van der Waals surface area contributed by atoms with Crippen LogP contribution in [0.15, 0.2) is 227 Å². The first kappa shape index (κ1) is 37.7. The number of aromatic nitrogens is 1. The SMILES string of the molecule is CC1(C)c2ccccc2-c2ccc(N(c3ccc(-c4ccc(-n5c6ccccc6c6cc7oc8ccccc8c7cc65)cc4)cc3)c3ccc(-c4ccc5oc6ccccc6c5c4)cc3)cc21. The zero-order valence-electron chi connectivity index (χ0n) is 37.0. The molecule has 0 radical (unpaired) electrons. The molecule has 0 saturated heterocycles. The minimum absolute atomic E-state index is 0.123. The summed E-state index contributed by atoms with van der Waals surface area (Å²) in [5, 5.41) is 6.92. The number of nitrogens with zero attached hydrogens (tertiary/aromatic N) is 2. The van der Waals surface area contributed by atoms with Crippen molar-refractivity contribution in [3.63, 3.8) is 0 Å². The molecule has 3 heterocycles. The molecule has 316 valence electrons. The Kier molecular flexibility index (Phi) is 8.00. The second-order valence-electron chi connectivity index (χ2n) is 18.5. The minimum Gasteiger partial charge on any atom is -0.456 e. The van der Waals surface area contributed by atoms with Crippen LogP contribution in [0, 0.1) is 0 Å². The molecule has 67 heavy (non-hydrogen) atoms. The lowest BCUT2D eigenvalue weighted by Crippen LogP contribution is -2.16. The van der Waals surface area contributed by atoms with Crippen LogP contribution < -0.4 is 4.90 Å². The number of hydrogen-bond donors (Lipinski definition) is 0. The van der Waals surface area contributed by atoms with Gasteiger partial charge in [0.05, 0.1) is 11.0 Å². The van der Waals surface area contributed by atoms with Crippen molar-refractivity contribution in [3.05, 3.63) is 230 Å². The van der Waals surface area contributed by atoms with Gasteiger partial charge in [0.15, 0.2) is 0 Å². The lowest BCUT2D eigenvalue weighted by Gasteiger charge is -2.28. The first-order valence-corrected chi connectivity index (χ1v) is 23.1. The first-order valence-electron chi connectivity index (χ1n) is 23.1. The summed E-state index contributed by atoms with van der Waals surface area (Å²) in [5.74, 6) is 0. The van der Waals surface area contributed by atoms with Crippen molar-refractivity contribution in [2.24, 2.45) is 0 Å². The standard InChI is InChI=1S/C63H42N2O2/c1-63(2)55-15-7-3-11-47(55)48-33-32-46(36-56(48)63)64(44-28-23-41(24-29-44)42-25-34-61-53(35-42)50-13-5-9-17-59(50)66-61)43-26-19-39(20-27-43)40-21-30-45(31-22-40)65-57-16-8-4-12-49(57)52-38-62-54(37-58(52)65)51-14-6-10-18-60(51)67-62/h3-38H,1-2H3. The summed E-state index contributed by atoms with van der Waals surface area (Å²) in [7, 11) is 0. The molecule has 0 N–H and O–H groups in total. The third-order valence-electron chi connectivity index (χ3n) is 14.4. The predicted molar refractivity (Wildman–Crippen MR) is 278 cm³/mol. The Morgan fingerprint density at radius 3 is 1.58 bits per heavy atom. The van der Waals surface area contributed by atoms with Gasteiger partial charge in [0.25, 0.3) is 0 Å². The van der Waals surface area contributed by atoms with Crippen molar-refractivity contribution >= 4 is 82.7 Å². The number of benzene rings is 10. The van der Waals surface area contributed by atoms with Crippen LogP contribution in [-0.2, 0) is 5.41 Å². The average molecular weight is 859 g/mol. The number of hydrogen-bond acceptors (Lipinski definition) is 3. The van der Waals surface area contributed by atoms with Crippen LogP contribution in [0.2, 0.25) is 0 Å². The molecule has 0 saturated carbocycles. The molecule has 0 aliphatic heterocycles. The maximum Gasteiger partial charge on any atom is 0.136 e. The van der Waals surface area contributed by atoms with E-state index in [-0.39, 0.29) is 5.41 Å². The van der Waals surface area contributed by atoms with E-state index in [4.69, 9.17) is 8.83 Å². The van der Waals surface area contributed by atoms with E-state index in [9.17, 15) is 0 Å². The van der Waals surface area contributed by atoms with E-state index in [0.29, 0.717) is 0 Å². The smallest absolute Gasteiger partial charge is 0.136 e. The molecule has 13 aromatic rings. The number of anilines is 3. The number of para-hydroxylation sites is 3. The molecule has 10 aromatic carbocycles. The van der Waals surface area contributed by atoms with E-state index in [2.05, 4.69) is 217 Å². The zero-order valence-corrected chi connectivity index (χ0v) is 37.0. The van der Waals surface area contributed by atoms with Crippen LogP contribution >= 0.6 is 0 Å². The Balaban J connectivity index is 0.837. The Morgan fingerprint density at radius 1 is 0.343 bits per heavy atom. The van der Waals surface area contributed by atoms with E-state index >= 15 is 0 Å². The summed E-state index contributed by atoms with van der Waals surface area (Å²) >= 11 is 0. The molecule has 3 aromatic heterocycles. The summed E-state index contributed by atoms with van der Waals surface area (Å²) in [6.07, 6.45) is 0. The summed E-state index contributed by atoms with van der Waals surface area (Å²) in [6, 6.07) is 79.1. The van der Waals surface area contributed by atoms with E-state index in [1.54, 1.807) is 0 Å². The van der Waals surface area contributed by atoms with Gasteiger partial charge in [-0.3, -0.25) is 0 Å². The largest absolute Gasteiger partial charge is 0.456 e. The van der Waals surface area contributed by atoms with Crippen molar-refractivity contribution < 1.29 is 8.83 Å². The average Bonchev–Trinajstić information content (AvgIpc) is 4.10. The molecule has 1 aliphatic rings. The van der Waals surface area contributed by atoms with Crippen LogP contribution in [0.25, 0.3) is 105 Å². The molecule has 1 aliphatic carbocycles. The molecule has 0 amide bonds. The molecule has 0 spiro atoms.